The van der Waals surface area contributed by atoms with Gasteiger partial charge in [-0.3, -0.25) is 0 Å². The van der Waals surface area contributed by atoms with Gasteiger partial charge in [-0.15, -0.1) is 11.8 Å². The minimum atomic E-state index is -4.39. The van der Waals surface area contributed by atoms with Crippen LogP contribution >= 0.6 is 11.8 Å². The van der Waals surface area contributed by atoms with Crippen LogP contribution < -0.4 is 5.73 Å². The number of nitrogens with two attached hydrogens (primary N) is 1. The van der Waals surface area contributed by atoms with Crippen molar-refractivity contribution >= 4 is 11.8 Å². The van der Waals surface area contributed by atoms with Crippen molar-refractivity contribution in [2.45, 2.75) is 49.2 Å². The molecule has 6 heteroatoms. The van der Waals surface area contributed by atoms with Crippen molar-refractivity contribution in [1.29, 1.82) is 0 Å². The number of benzene rings is 2. The molecule has 0 spiro atoms. The molecule has 2 rings (SSSR count). The summed E-state index contributed by atoms with van der Waals surface area (Å²) >= 11 is 1.25. The van der Waals surface area contributed by atoms with Crippen LogP contribution in [0.1, 0.15) is 36.5 Å². The SMILES string of the molecule is CC(N)(CO)CCc1ccc(SCCCc2ccccc2)c(C(F)(F)F)c1. The van der Waals surface area contributed by atoms with E-state index in [2.05, 4.69) is 0 Å². The van der Waals surface area contributed by atoms with E-state index in [1.165, 1.54) is 23.4 Å². The highest BCUT2D eigenvalue weighted by molar-refractivity contribution is 7.99. The molecule has 0 amide bonds. The summed E-state index contributed by atoms with van der Waals surface area (Å²) in [6.45, 7) is 1.49. The summed E-state index contributed by atoms with van der Waals surface area (Å²) in [6.07, 6.45) is -1.90. The molecule has 0 aromatic heterocycles. The third-order valence-corrected chi connectivity index (χ3v) is 5.57. The number of alkyl halides is 3. The number of hydrogen-bond acceptors (Lipinski definition) is 3. The smallest absolute Gasteiger partial charge is 0.394 e. The predicted octanol–water partition coefficient (Wildman–Crippen LogP) is 5.07. The first kappa shape index (κ1) is 21.8. The fraction of sp³-hybridized carbons (Fsp3) is 0.429. The molecular weight excluding hydrogens is 371 g/mol. The van der Waals surface area contributed by atoms with Crippen LogP contribution in [0.4, 0.5) is 13.2 Å². The fourth-order valence-electron chi connectivity index (χ4n) is 2.69. The van der Waals surface area contributed by atoms with Crippen molar-refractivity contribution in [2.24, 2.45) is 5.73 Å². The summed E-state index contributed by atoms with van der Waals surface area (Å²) in [5.74, 6) is 0.628. The molecule has 0 fully saturated rings. The van der Waals surface area contributed by atoms with Gasteiger partial charge >= 0.3 is 6.18 Å². The van der Waals surface area contributed by atoms with Crippen LogP contribution in [0, 0.1) is 0 Å². The van der Waals surface area contributed by atoms with E-state index in [4.69, 9.17) is 5.73 Å². The van der Waals surface area contributed by atoms with E-state index in [0.717, 1.165) is 12.8 Å². The molecule has 148 valence electrons. The lowest BCUT2D eigenvalue weighted by Crippen LogP contribution is -2.40. The highest BCUT2D eigenvalue weighted by Gasteiger charge is 2.33. The first-order valence-corrected chi connectivity index (χ1v) is 9.96. The Morgan fingerprint density at radius 1 is 1.00 bits per heavy atom. The minimum Gasteiger partial charge on any atom is -0.394 e. The van der Waals surface area contributed by atoms with Gasteiger partial charge < -0.3 is 10.8 Å². The Hall–Kier alpha value is -1.50. The van der Waals surface area contributed by atoms with E-state index < -0.39 is 17.3 Å². The summed E-state index contributed by atoms with van der Waals surface area (Å²) < 4.78 is 40.4. The van der Waals surface area contributed by atoms with E-state index in [1.54, 1.807) is 19.1 Å². The third-order valence-electron chi connectivity index (χ3n) is 4.41. The van der Waals surface area contributed by atoms with Gasteiger partial charge in [0, 0.05) is 10.4 Å². The number of hydrogen-bond donors (Lipinski definition) is 2. The topological polar surface area (TPSA) is 46.2 Å². The molecule has 0 aliphatic rings. The second-order valence-electron chi connectivity index (χ2n) is 7.08. The number of aliphatic hydroxyl groups excluding tert-OH is 1. The van der Waals surface area contributed by atoms with E-state index >= 15 is 0 Å². The van der Waals surface area contributed by atoms with Gasteiger partial charge in [-0.1, -0.05) is 36.4 Å². The second-order valence-corrected chi connectivity index (χ2v) is 8.21. The minimum absolute atomic E-state index is 0.200. The Morgan fingerprint density at radius 2 is 1.70 bits per heavy atom. The van der Waals surface area contributed by atoms with Gasteiger partial charge in [0.2, 0.25) is 0 Å². The van der Waals surface area contributed by atoms with E-state index in [1.807, 2.05) is 30.3 Å². The molecule has 27 heavy (non-hydrogen) atoms. The van der Waals surface area contributed by atoms with Crippen molar-refractivity contribution in [3.8, 4) is 0 Å². The quantitative estimate of drug-likeness (QED) is 0.459. The molecule has 2 nitrogen and oxygen atoms in total. The third kappa shape index (κ3) is 7.20. The van der Waals surface area contributed by atoms with Gasteiger partial charge in [-0.05, 0) is 61.6 Å². The highest BCUT2D eigenvalue weighted by Crippen LogP contribution is 2.38. The van der Waals surface area contributed by atoms with Gasteiger partial charge in [0.05, 0.1) is 12.2 Å². The average Bonchev–Trinajstić information content (AvgIpc) is 2.64. The lowest BCUT2D eigenvalue weighted by molar-refractivity contribution is -0.139. The van der Waals surface area contributed by atoms with Crippen molar-refractivity contribution in [1.82, 2.24) is 0 Å². The maximum absolute atomic E-state index is 13.5. The van der Waals surface area contributed by atoms with Crippen LogP contribution in [0.2, 0.25) is 0 Å². The second kappa shape index (κ2) is 9.62. The zero-order valence-corrected chi connectivity index (χ0v) is 16.2. The number of aliphatic hydroxyl groups is 1. The lowest BCUT2D eigenvalue weighted by atomic mass is 9.94. The Morgan fingerprint density at radius 3 is 2.33 bits per heavy atom. The molecular formula is C21H26F3NOS. The summed E-state index contributed by atoms with van der Waals surface area (Å²) in [4.78, 5) is 0.261. The van der Waals surface area contributed by atoms with Gasteiger partial charge in [0.25, 0.3) is 0 Å². The standard InChI is InChI=1S/C21H26F3NOS/c1-20(25,15-26)12-11-17-9-10-19(18(14-17)21(22,23)24)27-13-5-8-16-6-3-2-4-7-16/h2-4,6-7,9-10,14,26H,5,8,11-13,15,25H2,1H3. The summed E-state index contributed by atoms with van der Waals surface area (Å²) in [6, 6.07) is 14.4. The first-order chi connectivity index (χ1) is 12.7. The zero-order valence-electron chi connectivity index (χ0n) is 15.4. The van der Waals surface area contributed by atoms with Gasteiger partial charge in [0.1, 0.15) is 0 Å². The molecule has 0 saturated heterocycles. The monoisotopic (exact) mass is 397 g/mol. The van der Waals surface area contributed by atoms with Crippen LogP contribution in [0.3, 0.4) is 0 Å². The van der Waals surface area contributed by atoms with Crippen molar-refractivity contribution in [3.63, 3.8) is 0 Å². The van der Waals surface area contributed by atoms with Crippen molar-refractivity contribution in [2.75, 3.05) is 12.4 Å². The molecule has 2 aromatic carbocycles. The maximum Gasteiger partial charge on any atom is 0.417 e. The zero-order chi connectivity index (χ0) is 19.9. The average molecular weight is 398 g/mol. The summed E-state index contributed by atoms with van der Waals surface area (Å²) in [7, 11) is 0. The van der Waals surface area contributed by atoms with Crippen molar-refractivity contribution in [3.05, 3.63) is 65.2 Å². The molecule has 0 aliphatic carbocycles. The van der Waals surface area contributed by atoms with Crippen LogP contribution in [0.5, 0.6) is 0 Å². The molecule has 0 heterocycles. The number of halogens is 3. The highest BCUT2D eigenvalue weighted by atomic mass is 32.2. The first-order valence-electron chi connectivity index (χ1n) is 8.98. The lowest BCUT2D eigenvalue weighted by Gasteiger charge is -2.22. The molecule has 1 atom stereocenters. The van der Waals surface area contributed by atoms with Crippen LogP contribution in [0.25, 0.3) is 0 Å². The molecule has 0 radical (unpaired) electrons. The maximum atomic E-state index is 13.5. The largest absolute Gasteiger partial charge is 0.417 e. The summed E-state index contributed by atoms with van der Waals surface area (Å²) in [5.41, 5.74) is 6.27. The Labute approximate surface area is 163 Å². The van der Waals surface area contributed by atoms with Gasteiger partial charge in [0.15, 0.2) is 0 Å². The van der Waals surface area contributed by atoms with Crippen LogP contribution in [0.15, 0.2) is 53.4 Å². The number of rotatable bonds is 9. The number of thioether (sulfide) groups is 1. The fourth-order valence-corrected chi connectivity index (χ4v) is 3.70. The van der Waals surface area contributed by atoms with E-state index in [0.29, 0.717) is 24.2 Å². The summed E-state index contributed by atoms with van der Waals surface area (Å²) in [5, 5.41) is 9.19. The van der Waals surface area contributed by atoms with Gasteiger partial charge in [-0.25, -0.2) is 0 Å². The van der Waals surface area contributed by atoms with Crippen LogP contribution in [-0.4, -0.2) is 23.0 Å². The normalized spacial score (nSPS) is 14.1. The molecule has 0 saturated carbocycles. The van der Waals surface area contributed by atoms with E-state index in [9.17, 15) is 18.3 Å². The number of aryl methyl sites for hydroxylation is 2. The Bertz CT molecular complexity index is 717. The molecule has 0 bridgehead atoms. The molecule has 2 aromatic rings. The Kier molecular flexibility index (Phi) is 7.77. The predicted molar refractivity (Wildman–Crippen MR) is 105 cm³/mol. The molecule has 3 N–H and O–H groups in total. The Balaban J connectivity index is 2.00. The van der Waals surface area contributed by atoms with Crippen molar-refractivity contribution < 1.29 is 18.3 Å². The van der Waals surface area contributed by atoms with Crippen LogP contribution in [-0.2, 0) is 19.0 Å². The molecule has 1 unspecified atom stereocenters. The van der Waals surface area contributed by atoms with Gasteiger partial charge in [-0.2, -0.15) is 13.2 Å². The van der Waals surface area contributed by atoms with E-state index in [-0.39, 0.29) is 11.5 Å². The molecule has 0 aliphatic heterocycles.